The first-order valence-electron chi connectivity index (χ1n) is 6.75. The van der Waals surface area contributed by atoms with Crippen LogP contribution >= 0.6 is 23.2 Å². The minimum Gasteiger partial charge on any atom is -0.481 e. The van der Waals surface area contributed by atoms with Crippen molar-refractivity contribution in [3.63, 3.8) is 0 Å². The number of aliphatic carboxylic acids is 1. The Morgan fingerprint density at radius 1 is 1.27 bits per heavy atom. The Hall–Kier alpha value is -1.46. The van der Waals surface area contributed by atoms with E-state index < -0.39 is 23.6 Å². The van der Waals surface area contributed by atoms with E-state index in [2.05, 4.69) is 5.32 Å². The van der Waals surface area contributed by atoms with Crippen LogP contribution < -0.4 is 5.32 Å². The van der Waals surface area contributed by atoms with Gasteiger partial charge in [0, 0.05) is 6.54 Å². The summed E-state index contributed by atoms with van der Waals surface area (Å²) in [4.78, 5) is 22.9. The zero-order chi connectivity index (χ0) is 16.9. The maximum atomic E-state index is 11.5. The predicted molar refractivity (Wildman–Crippen MR) is 85.7 cm³/mol. The molecule has 0 bridgehead atoms. The van der Waals surface area contributed by atoms with Crippen LogP contribution in [-0.2, 0) is 9.53 Å². The summed E-state index contributed by atoms with van der Waals surface area (Å²) in [5, 5.41) is 12.5. The van der Waals surface area contributed by atoms with Crippen molar-refractivity contribution < 1.29 is 19.4 Å². The van der Waals surface area contributed by atoms with Gasteiger partial charge in [-0.05, 0) is 44.9 Å². The molecule has 0 saturated heterocycles. The smallest absolute Gasteiger partial charge is 0.407 e. The standard InChI is InChI=1S/C15H19Cl2NO4/c1-15(2,3)22-14(21)18-7-6-10(13(19)20)9-4-5-11(16)12(17)8-9/h4-5,8,10H,6-7H2,1-3H3,(H,18,21)(H,19,20)/t10-/m0/s1. The molecular weight excluding hydrogens is 329 g/mol. The van der Waals surface area contributed by atoms with Gasteiger partial charge >= 0.3 is 12.1 Å². The fraction of sp³-hybridized carbons (Fsp3) is 0.467. The maximum Gasteiger partial charge on any atom is 0.407 e. The molecule has 0 aliphatic rings. The van der Waals surface area contributed by atoms with Gasteiger partial charge in [-0.25, -0.2) is 4.79 Å². The van der Waals surface area contributed by atoms with Gasteiger partial charge in [0.2, 0.25) is 0 Å². The van der Waals surface area contributed by atoms with Gasteiger partial charge in [0.15, 0.2) is 0 Å². The molecule has 2 N–H and O–H groups in total. The minimum absolute atomic E-state index is 0.173. The predicted octanol–water partition coefficient (Wildman–Crippen LogP) is 4.08. The van der Waals surface area contributed by atoms with Gasteiger partial charge in [-0.1, -0.05) is 29.3 Å². The first-order valence-corrected chi connectivity index (χ1v) is 7.50. The second kappa shape index (κ2) is 7.70. The zero-order valence-corrected chi connectivity index (χ0v) is 14.2. The van der Waals surface area contributed by atoms with Gasteiger partial charge in [-0.2, -0.15) is 0 Å². The lowest BCUT2D eigenvalue weighted by Crippen LogP contribution is -2.33. The number of hydrogen-bond donors (Lipinski definition) is 2. The molecule has 0 saturated carbocycles. The summed E-state index contributed by atoms with van der Waals surface area (Å²) in [6, 6.07) is 4.69. The average molecular weight is 348 g/mol. The van der Waals surface area contributed by atoms with Crippen LogP contribution in [0.4, 0.5) is 4.79 Å². The number of carboxylic acid groups (broad SMARTS) is 1. The lowest BCUT2D eigenvalue weighted by atomic mass is 9.96. The number of alkyl carbamates (subject to hydrolysis) is 1. The van der Waals surface area contributed by atoms with Crippen molar-refractivity contribution in [3.8, 4) is 0 Å². The molecule has 7 heteroatoms. The SMILES string of the molecule is CC(C)(C)OC(=O)NCC[C@H](C(=O)O)c1ccc(Cl)c(Cl)c1. The van der Waals surface area contributed by atoms with Gasteiger partial charge in [0.25, 0.3) is 0 Å². The highest BCUT2D eigenvalue weighted by molar-refractivity contribution is 6.42. The third-order valence-electron chi connectivity index (χ3n) is 2.75. The minimum atomic E-state index is -0.996. The van der Waals surface area contributed by atoms with Crippen LogP contribution in [0, 0.1) is 0 Å². The highest BCUT2D eigenvalue weighted by atomic mass is 35.5. The van der Waals surface area contributed by atoms with Gasteiger partial charge in [-0.3, -0.25) is 4.79 Å². The Bertz CT molecular complexity index is 555. The molecule has 0 heterocycles. The molecule has 5 nitrogen and oxygen atoms in total. The molecule has 1 amide bonds. The maximum absolute atomic E-state index is 11.5. The fourth-order valence-electron chi connectivity index (χ4n) is 1.79. The van der Waals surface area contributed by atoms with Gasteiger partial charge in [0.1, 0.15) is 5.60 Å². The van der Waals surface area contributed by atoms with E-state index in [-0.39, 0.29) is 13.0 Å². The quantitative estimate of drug-likeness (QED) is 0.841. The summed E-state index contributed by atoms with van der Waals surface area (Å²) in [5.74, 6) is -1.78. The lowest BCUT2D eigenvalue weighted by molar-refractivity contribution is -0.139. The van der Waals surface area contributed by atoms with Crippen molar-refractivity contribution in [1.82, 2.24) is 5.32 Å². The first kappa shape index (κ1) is 18.6. The van der Waals surface area contributed by atoms with Crippen molar-refractivity contribution in [3.05, 3.63) is 33.8 Å². The Balaban J connectivity index is 2.64. The van der Waals surface area contributed by atoms with Crippen LogP contribution in [0.15, 0.2) is 18.2 Å². The van der Waals surface area contributed by atoms with Crippen LogP contribution in [0.1, 0.15) is 38.7 Å². The van der Waals surface area contributed by atoms with Crippen LogP contribution in [0.2, 0.25) is 10.0 Å². The number of ether oxygens (including phenoxy) is 1. The molecule has 0 spiro atoms. The zero-order valence-electron chi connectivity index (χ0n) is 12.7. The largest absolute Gasteiger partial charge is 0.481 e. The summed E-state index contributed by atoms with van der Waals surface area (Å²) < 4.78 is 5.08. The number of hydrogen-bond acceptors (Lipinski definition) is 3. The molecule has 1 aromatic rings. The molecule has 0 radical (unpaired) electrons. The summed E-state index contributed by atoms with van der Waals surface area (Å²) in [7, 11) is 0. The number of rotatable bonds is 5. The second-order valence-corrected chi connectivity index (χ2v) is 6.60. The van der Waals surface area contributed by atoms with Crippen LogP contribution in [0.25, 0.3) is 0 Å². The Kier molecular flexibility index (Phi) is 6.50. The van der Waals surface area contributed by atoms with E-state index in [9.17, 15) is 14.7 Å². The molecule has 0 aliphatic heterocycles. The molecular formula is C15H19Cl2NO4. The Morgan fingerprint density at radius 3 is 2.41 bits per heavy atom. The molecule has 122 valence electrons. The second-order valence-electron chi connectivity index (χ2n) is 5.78. The van der Waals surface area contributed by atoms with E-state index in [1.165, 1.54) is 6.07 Å². The first-order chi connectivity index (χ1) is 10.1. The van der Waals surface area contributed by atoms with Crippen molar-refractivity contribution in [1.29, 1.82) is 0 Å². The van der Waals surface area contributed by atoms with Crippen LogP contribution in [0.3, 0.4) is 0 Å². The Morgan fingerprint density at radius 2 is 1.91 bits per heavy atom. The van der Waals surface area contributed by atoms with Gasteiger partial charge in [0.05, 0.1) is 16.0 Å². The summed E-state index contributed by atoms with van der Waals surface area (Å²) >= 11 is 11.7. The van der Waals surface area contributed by atoms with Crippen LogP contribution in [-0.4, -0.2) is 29.3 Å². The average Bonchev–Trinajstić information content (AvgIpc) is 2.35. The van der Waals surface area contributed by atoms with Crippen molar-refractivity contribution in [2.45, 2.75) is 38.7 Å². The van der Waals surface area contributed by atoms with E-state index in [0.29, 0.717) is 15.6 Å². The van der Waals surface area contributed by atoms with Crippen molar-refractivity contribution >= 4 is 35.3 Å². The Labute approximate surface area is 139 Å². The van der Waals surface area contributed by atoms with E-state index in [1.807, 2.05) is 0 Å². The molecule has 1 aromatic carbocycles. The van der Waals surface area contributed by atoms with Gasteiger partial charge in [-0.15, -0.1) is 0 Å². The normalized spacial score (nSPS) is 12.6. The topological polar surface area (TPSA) is 75.6 Å². The van der Waals surface area contributed by atoms with Crippen LogP contribution in [0.5, 0.6) is 0 Å². The number of carbonyl (C=O) groups excluding carboxylic acids is 1. The number of carboxylic acids is 1. The number of carbonyl (C=O) groups is 2. The van der Waals surface area contributed by atoms with E-state index in [0.717, 1.165) is 0 Å². The molecule has 0 aromatic heterocycles. The third-order valence-corrected chi connectivity index (χ3v) is 3.48. The van der Waals surface area contributed by atoms with Crippen molar-refractivity contribution in [2.24, 2.45) is 0 Å². The molecule has 0 unspecified atom stereocenters. The number of amides is 1. The number of nitrogens with one attached hydrogen (secondary N) is 1. The number of benzene rings is 1. The summed E-state index contributed by atoms with van der Waals surface area (Å²) in [6.45, 7) is 5.43. The molecule has 22 heavy (non-hydrogen) atoms. The highest BCUT2D eigenvalue weighted by Crippen LogP contribution is 2.28. The molecule has 1 rings (SSSR count). The van der Waals surface area contributed by atoms with E-state index in [4.69, 9.17) is 27.9 Å². The van der Waals surface area contributed by atoms with Crippen molar-refractivity contribution in [2.75, 3.05) is 6.54 Å². The fourth-order valence-corrected chi connectivity index (χ4v) is 2.10. The monoisotopic (exact) mass is 347 g/mol. The highest BCUT2D eigenvalue weighted by Gasteiger charge is 2.21. The van der Waals surface area contributed by atoms with E-state index >= 15 is 0 Å². The molecule has 0 aliphatic carbocycles. The third kappa shape index (κ3) is 6.12. The molecule has 0 fully saturated rings. The molecule has 1 atom stereocenters. The lowest BCUT2D eigenvalue weighted by Gasteiger charge is -2.20. The summed E-state index contributed by atoms with van der Waals surface area (Å²) in [5.41, 5.74) is -0.0622. The van der Waals surface area contributed by atoms with Gasteiger partial charge < -0.3 is 15.2 Å². The summed E-state index contributed by atoms with van der Waals surface area (Å²) in [6.07, 6.45) is -0.363. The number of halogens is 2. The van der Waals surface area contributed by atoms with E-state index in [1.54, 1.807) is 32.9 Å².